The van der Waals surface area contributed by atoms with E-state index in [9.17, 15) is 4.57 Å². The first-order valence-electron chi connectivity index (χ1n) is 1.17. The van der Waals surface area contributed by atoms with Crippen LogP contribution in [0.2, 0.25) is 0 Å². The molecule has 4 nitrogen and oxygen atoms in total. The van der Waals surface area contributed by atoms with Gasteiger partial charge in [-0.15, -0.1) is 0 Å². The van der Waals surface area contributed by atoms with E-state index in [4.69, 9.17) is 9.79 Å². The normalized spacial score (nSPS) is 10.6. The second kappa shape index (κ2) is 4.46. The summed E-state index contributed by atoms with van der Waals surface area (Å²) in [6.07, 6.45) is 0. The summed E-state index contributed by atoms with van der Waals surface area (Å²) in [4.78, 5) is 15.5. The molecule has 0 aromatic carbocycles. The topological polar surface area (TPSA) is 66.8 Å². The fraction of sp³-hybridized carbons (Fsp3) is 0. The van der Waals surface area contributed by atoms with Crippen molar-refractivity contribution in [2.75, 3.05) is 0 Å². The number of rotatable bonds is 1. The maximum atomic E-state index is 9.51. The van der Waals surface area contributed by atoms with Crippen LogP contribution in [-0.2, 0) is 8.78 Å². The Bertz CT molecular complexity index is 82.6. The van der Waals surface area contributed by atoms with Crippen molar-refractivity contribution in [1.82, 2.24) is 0 Å². The summed E-state index contributed by atoms with van der Waals surface area (Å²) in [7, 11) is -4.00. The Morgan fingerprint density at radius 1 is 1.71 bits per heavy atom. The van der Waals surface area contributed by atoms with Crippen molar-refractivity contribution in [3.8, 4) is 0 Å². The van der Waals surface area contributed by atoms with E-state index in [2.05, 4.69) is 4.21 Å². The van der Waals surface area contributed by atoms with Crippen LogP contribution in [0.1, 0.15) is 2.85 Å². The Morgan fingerprint density at radius 2 is 1.86 bits per heavy atom. The Labute approximate surface area is 77.0 Å². The van der Waals surface area contributed by atoms with E-state index in [0.717, 1.165) is 0 Å². The third-order valence-electron chi connectivity index (χ3n) is 0.238. The van der Waals surface area contributed by atoms with Crippen molar-refractivity contribution in [2.45, 2.75) is 0 Å². The van der Waals surface area contributed by atoms with Gasteiger partial charge in [-0.3, -0.25) is 0 Å². The van der Waals surface area contributed by atoms with E-state index in [1.165, 1.54) is 0 Å². The summed E-state index contributed by atoms with van der Waals surface area (Å²) < 4.78 is 13.2. The molecular weight excluding hydrogens is 163 g/mol. The minimum absolute atomic E-state index is 0. The van der Waals surface area contributed by atoms with Crippen LogP contribution in [0.25, 0.3) is 0 Å². The zero-order chi connectivity index (χ0) is 5.21. The minimum Gasteiger partial charge on any atom is -1.00 e. The number of hydrogen-bond acceptors (Lipinski definition) is 2. The van der Waals surface area contributed by atoms with Gasteiger partial charge < -0.3 is 16.9 Å². The maximum absolute atomic E-state index is 9.51. The third-order valence-corrected chi connectivity index (χ3v) is 2.14. The van der Waals surface area contributed by atoms with Gasteiger partial charge in [0.25, 0.3) is 0 Å². The molecule has 0 unspecified atom stereocenters. The van der Waals surface area contributed by atoms with Gasteiger partial charge in [0.2, 0.25) is 0 Å². The van der Waals surface area contributed by atoms with Crippen molar-refractivity contribution in [2.24, 2.45) is 0 Å². The molecule has 7 heavy (non-hydrogen) atoms. The van der Waals surface area contributed by atoms with Crippen molar-refractivity contribution in [3.05, 3.63) is 0 Å². The molecular formula is H7CaO4PSi. The molecule has 0 aliphatic rings. The van der Waals surface area contributed by atoms with Crippen molar-refractivity contribution < 1.29 is 21.4 Å². The summed E-state index contributed by atoms with van der Waals surface area (Å²) in [5.41, 5.74) is 0. The molecule has 0 aliphatic heterocycles. The van der Waals surface area contributed by atoms with Crippen molar-refractivity contribution >= 4 is 56.0 Å². The molecule has 0 atom stereocenters. The van der Waals surface area contributed by atoms with E-state index < -0.39 is 7.82 Å². The second-order valence-corrected chi connectivity index (χ2v) is 3.11. The van der Waals surface area contributed by atoms with Crippen LogP contribution in [0.5, 0.6) is 0 Å². The maximum Gasteiger partial charge on any atom is 2.00 e. The quantitative estimate of drug-likeness (QED) is 0.360. The largest absolute Gasteiger partial charge is 2.00 e. The molecule has 7 heteroatoms. The first kappa shape index (κ1) is 11.4. The predicted molar refractivity (Wildman–Crippen MR) is 31.0 cm³/mol. The smallest absolute Gasteiger partial charge is 1.00 e. The van der Waals surface area contributed by atoms with E-state index in [-0.39, 0.29) is 51.1 Å². The summed E-state index contributed by atoms with van der Waals surface area (Å²) in [6, 6.07) is 0. The van der Waals surface area contributed by atoms with Crippen LogP contribution in [0.3, 0.4) is 0 Å². The van der Waals surface area contributed by atoms with Crippen LogP contribution in [0.4, 0.5) is 0 Å². The molecule has 0 saturated heterocycles. The molecule has 0 radical (unpaired) electrons. The monoisotopic (exact) mass is 170 g/mol. The molecule has 0 bridgehead atoms. The van der Waals surface area contributed by atoms with E-state index >= 15 is 0 Å². The second-order valence-electron chi connectivity index (χ2n) is 0.673. The molecule has 0 aromatic heterocycles. The Morgan fingerprint density at radius 3 is 1.86 bits per heavy atom. The molecule has 0 saturated carbocycles. The summed E-state index contributed by atoms with van der Waals surface area (Å²) in [6.45, 7) is 0. The molecule has 0 aliphatic carbocycles. The van der Waals surface area contributed by atoms with Gasteiger partial charge in [0.1, 0.15) is 0 Å². The predicted octanol–water partition coefficient (Wildman–Crippen LogP) is -1.78. The van der Waals surface area contributed by atoms with Gasteiger partial charge in [-0.25, -0.2) is 4.57 Å². The average molecular weight is 170 g/mol. The van der Waals surface area contributed by atoms with E-state index in [1.807, 2.05) is 0 Å². The summed E-state index contributed by atoms with van der Waals surface area (Å²) in [5.74, 6) is 0. The molecule has 0 amide bonds. The van der Waals surface area contributed by atoms with Gasteiger partial charge in [0.05, 0.1) is 0 Å². The Hall–Kier alpha value is 1.59. The van der Waals surface area contributed by atoms with Crippen molar-refractivity contribution in [1.29, 1.82) is 0 Å². The summed E-state index contributed by atoms with van der Waals surface area (Å²) in [5, 5.41) is 0. The summed E-state index contributed by atoms with van der Waals surface area (Å²) >= 11 is 0. The van der Waals surface area contributed by atoms with Crippen molar-refractivity contribution in [3.63, 3.8) is 0 Å². The van der Waals surface area contributed by atoms with Gasteiger partial charge in [0.15, 0.2) is 10.5 Å². The van der Waals surface area contributed by atoms with Crippen LogP contribution < -0.4 is 0 Å². The first-order valence-corrected chi connectivity index (χ1v) is 3.52. The SMILES string of the molecule is O=P(O)(O)O[SiH3].[Ca+2].[H-].[H-]. The van der Waals surface area contributed by atoms with Crippen LogP contribution in [0, 0.1) is 0 Å². The Kier molecular flexibility index (Phi) is 7.26. The Balaban J connectivity index is -0.0000000417. The van der Waals surface area contributed by atoms with Gasteiger partial charge >= 0.3 is 45.6 Å². The third kappa shape index (κ3) is 11.3. The fourth-order valence-electron chi connectivity index (χ4n) is 0. The van der Waals surface area contributed by atoms with Gasteiger partial charge in [-0.1, -0.05) is 0 Å². The van der Waals surface area contributed by atoms with Gasteiger partial charge in [-0.05, 0) is 0 Å². The van der Waals surface area contributed by atoms with E-state index in [0.29, 0.717) is 0 Å². The first-order chi connectivity index (χ1) is 2.56. The van der Waals surface area contributed by atoms with Crippen LogP contribution in [-0.4, -0.2) is 58.0 Å². The molecule has 0 aromatic rings. The molecule has 0 heterocycles. The molecule has 2 N–H and O–H groups in total. The fourth-order valence-corrected chi connectivity index (χ4v) is 0. The molecule has 0 rings (SSSR count). The number of hydrogen-bond donors (Lipinski definition) is 2. The zero-order valence-electron chi connectivity index (χ0n) is 5.87. The standard InChI is InChI=1S/Ca.H5O4PSi.2H/c;1-5(2,3)4-6;;/h;6H3,(H2,1,2,3);;/q+2;;2*-1. The van der Waals surface area contributed by atoms with Crippen LogP contribution >= 0.6 is 7.82 Å². The molecule has 0 fully saturated rings. The van der Waals surface area contributed by atoms with E-state index in [1.54, 1.807) is 0 Å². The average Bonchev–Trinajstić information content (AvgIpc) is 1.35. The minimum atomic E-state index is -4.08. The number of phosphoric acid groups is 1. The zero-order valence-corrected chi connectivity index (χ0v) is 8.97. The van der Waals surface area contributed by atoms with Gasteiger partial charge in [-0.2, -0.15) is 0 Å². The molecule has 0 spiro atoms. The molecule has 42 valence electrons. The van der Waals surface area contributed by atoms with Crippen LogP contribution in [0.15, 0.2) is 0 Å². The van der Waals surface area contributed by atoms with Gasteiger partial charge in [0, 0.05) is 0 Å².